The maximum absolute atomic E-state index is 12.6. The third-order valence-corrected chi connectivity index (χ3v) is 13.4. The van der Waals surface area contributed by atoms with Gasteiger partial charge in [0.25, 0.3) is 0 Å². The van der Waals surface area contributed by atoms with Gasteiger partial charge in [-0.2, -0.15) is 0 Å². The zero-order chi connectivity index (χ0) is 29.3. The van der Waals surface area contributed by atoms with E-state index in [4.69, 9.17) is 14.2 Å². The summed E-state index contributed by atoms with van der Waals surface area (Å²) in [6.07, 6.45) is 15.4. The summed E-state index contributed by atoms with van der Waals surface area (Å²) in [4.78, 5) is 26.8. The van der Waals surface area contributed by atoms with E-state index < -0.39 is 5.97 Å². The van der Waals surface area contributed by atoms with E-state index in [1.54, 1.807) is 4.90 Å². The van der Waals surface area contributed by atoms with Gasteiger partial charge >= 0.3 is 5.97 Å². The van der Waals surface area contributed by atoms with Gasteiger partial charge in [-0.05, 0) is 85.4 Å². The summed E-state index contributed by atoms with van der Waals surface area (Å²) < 4.78 is 19.3. The molecule has 1 amide bonds. The molecule has 4 aliphatic carbocycles. The first kappa shape index (κ1) is 29.0. The first-order valence-corrected chi connectivity index (χ1v) is 17.0. The van der Waals surface area contributed by atoms with Crippen molar-refractivity contribution in [2.24, 2.45) is 46.3 Å². The monoisotopic (exact) mass is 580 g/mol. The standard InChI is InChI=1S/C35H52N2O5/c1-22-9-14-35(40-21-22)23(2)32-29(42-35)20-28-26-6-5-24-19-25(10-12-33(24,3)27(26)11-13-34(28,32)4)41-31(39)8-7-30(38)37-17-15-36-16-18-37/h5,7-8,22-23,25-29,32,36H,6,9-21H2,1-4H3/b8-7-/t22-,23+,25+,26-,27+,28+,29+,32+,33+,34+,35-/m1/s1. The molecule has 7 aliphatic rings. The normalized spacial score (nSPS) is 48.3. The molecule has 11 atom stereocenters. The van der Waals surface area contributed by atoms with Crippen LogP contribution in [0.4, 0.5) is 0 Å². The van der Waals surface area contributed by atoms with Gasteiger partial charge in [0, 0.05) is 57.1 Å². The predicted molar refractivity (Wildman–Crippen MR) is 160 cm³/mol. The van der Waals surface area contributed by atoms with E-state index in [1.807, 2.05) is 0 Å². The Hall–Kier alpha value is -1.70. The molecule has 6 fully saturated rings. The first-order chi connectivity index (χ1) is 20.1. The van der Waals surface area contributed by atoms with Crippen LogP contribution < -0.4 is 5.32 Å². The Balaban J connectivity index is 1.00. The molecule has 3 saturated carbocycles. The van der Waals surface area contributed by atoms with Crippen molar-refractivity contribution in [1.82, 2.24) is 10.2 Å². The van der Waals surface area contributed by atoms with E-state index in [0.29, 0.717) is 60.1 Å². The number of hydrogen-bond donors (Lipinski definition) is 1. The number of nitrogens with zero attached hydrogens (tertiary/aromatic N) is 1. The molecule has 7 rings (SSSR count). The fourth-order valence-electron chi connectivity index (χ4n) is 11.1. The number of carbonyl (C=O) groups excluding carboxylic acids is 2. The van der Waals surface area contributed by atoms with Crippen LogP contribution in [0.15, 0.2) is 23.8 Å². The number of hydrogen-bond acceptors (Lipinski definition) is 6. The van der Waals surface area contributed by atoms with Crippen molar-refractivity contribution < 1.29 is 23.8 Å². The van der Waals surface area contributed by atoms with Crippen LogP contribution in [0.5, 0.6) is 0 Å². The first-order valence-electron chi connectivity index (χ1n) is 17.0. The van der Waals surface area contributed by atoms with Gasteiger partial charge in [-0.15, -0.1) is 0 Å². The van der Waals surface area contributed by atoms with Crippen LogP contribution in [-0.2, 0) is 23.8 Å². The van der Waals surface area contributed by atoms with Crippen LogP contribution in [0.3, 0.4) is 0 Å². The van der Waals surface area contributed by atoms with Crippen molar-refractivity contribution in [2.45, 2.75) is 103 Å². The number of allylic oxidation sites excluding steroid dienone is 1. The van der Waals surface area contributed by atoms with Crippen molar-refractivity contribution in [1.29, 1.82) is 0 Å². The molecule has 0 aromatic rings. The fourth-order valence-corrected chi connectivity index (χ4v) is 11.1. The molecule has 3 heterocycles. The Labute approximate surface area is 252 Å². The van der Waals surface area contributed by atoms with Crippen LogP contribution in [-0.4, -0.2) is 67.6 Å². The molecule has 0 radical (unpaired) electrons. The van der Waals surface area contributed by atoms with Crippen LogP contribution in [0, 0.1) is 46.3 Å². The van der Waals surface area contributed by atoms with E-state index in [-0.39, 0.29) is 23.2 Å². The molecule has 1 spiro atoms. The van der Waals surface area contributed by atoms with Gasteiger partial charge in [0.05, 0.1) is 12.7 Å². The molecule has 3 saturated heterocycles. The Bertz CT molecular complexity index is 1140. The van der Waals surface area contributed by atoms with Gasteiger partial charge in [-0.3, -0.25) is 4.79 Å². The lowest BCUT2D eigenvalue weighted by atomic mass is 9.47. The van der Waals surface area contributed by atoms with Crippen molar-refractivity contribution in [2.75, 3.05) is 32.8 Å². The molecule has 7 nitrogen and oxygen atoms in total. The largest absolute Gasteiger partial charge is 0.459 e. The minimum absolute atomic E-state index is 0.101. The number of amides is 1. The molecule has 3 aliphatic heterocycles. The molecular weight excluding hydrogens is 528 g/mol. The van der Waals surface area contributed by atoms with Crippen molar-refractivity contribution in [3.63, 3.8) is 0 Å². The molecular formula is C35H52N2O5. The Morgan fingerprint density at radius 1 is 1.05 bits per heavy atom. The van der Waals surface area contributed by atoms with E-state index in [0.717, 1.165) is 51.8 Å². The lowest BCUT2D eigenvalue weighted by Crippen LogP contribution is -2.52. The minimum Gasteiger partial charge on any atom is -0.459 e. The lowest BCUT2D eigenvalue weighted by molar-refractivity contribution is -0.272. The predicted octanol–water partition coefficient (Wildman–Crippen LogP) is 5.25. The molecule has 7 heteroatoms. The average Bonchev–Trinajstić information content (AvgIpc) is 3.43. The molecule has 42 heavy (non-hydrogen) atoms. The number of rotatable bonds is 3. The van der Waals surface area contributed by atoms with Crippen molar-refractivity contribution in [3.8, 4) is 0 Å². The van der Waals surface area contributed by atoms with Gasteiger partial charge in [0.15, 0.2) is 5.79 Å². The molecule has 0 aromatic carbocycles. The van der Waals surface area contributed by atoms with Gasteiger partial charge in [0.2, 0.25) is 5.91 Å². The number of nitrogens with one attached hydrogen (secondary N) is 1. The molecule has 0 unspecified atom stereocenters. The smallest absolute Gasteiger partial charge is 0.331 e. The zero-order valence-electron chi connectivity index (χ0n) is 26.2. The Morgan fingerprint density at radius 3 is 2.62 bits per heavy atom. The molecule has 0 bridgehead atoms. The SMILES string of the molecule is C[C@@H]1CC[C@@]2(OC1)O[C@H]1C[C@H]3[C@@H]4CC=C5C[C@@H](OC(=O)/C=C\C(=O)N6CCNCC6)CC[C@]5(C)[C@H]4CC[C@]3(C)[C@H]1[C@@H]2C. The van der Waals surface area contributed by atoms with Crippen molar-refractivity contribution in [3.05, 3.63) is 23.8 Å². The van der Waals surface area contributed by atoms with Gasteiger partial charge in [0.1, 0.15) is 6.10 Å². The number of esters is 1. The van der Waals surface area contributed by atoms with E-state index in [9.17, 15) is 9.59 Å². The second kappa shape index (κ2) is 10.7. The summed E-state index contributed by atoms with van der Waals surface area (Å²) in [7, 11) is 0. The fraction of sp³-hybridized carbons (Fsp3) is 0.829. The zero-order valence-corrected chi connectivity index (χ0v) is 26.2. The second-order valence-corrected chi connectivity index (χ2v) is 15.5. The number of fused-ring (bicyclic) bond motifs is 7. The Kier molecular flexibility index (Phi) is 7.42. The van der Waals surface area contributed by atoms with E-state index in [1.165, 1.54) is 43.4 Å². The minimum atomic E-state index is -0.393. The van der Waals surface area contributed by atoms with E-state index >= 15 is 0 Å². The van der Waals surface area contributed by atoms with Crippen molar-refractivity contribution >= 4 is 11.9 Å². The highest BCUT2D eigenvalue weighted by Gasteiger charge is 2.68. The maximum atomic E-state index is 12.6. The maximum Gasteiger partial charge on any atom is 0.331 e. The number of piperazine rings is 1. The summed E-state index contributed by atoms with van der Waals surface area (Å²) in [5.41, 5.74) is 2.02. The summed E-state index contributed by atoms with van der Waals surface area (Å²) in [6.45, 7) is 13.6. The average molecular weight is 581 g/mol. The second-order valence-electron chi connectivity index (χ2n) is 15.5. The third-order valence-electron chi connectivity index (χ3n) is 13.4. The van der Waals surface area contributed by atoms with Gasteiger partial charge in [-0.1, -0.05) is 39.3 Å². The summed E-state index contributed by atoms with van der Waals surface area (Å²) in [5.74, 6) is 2.95. The molecule has 0 aromatic heterocycles. The van der Waals surface area contributed by atoms with Crippen LogP contribution in [0.2, 0.25) is 0 Å². The molecule has 232 valence electrons. The lowest BCUT2D eigenvalue weighted by Gasteiger charge is -2.58. The summed E-state index contributed by atoms with van der Waals surface area (Å²) in [5, 5.41) is 3.24. The Morgan fingerprint density at radius 2 is 1.86 bits per heavy atom. The van der Waals surface area contributed by atoms with Gasteiger partial charge < -0.3 is 24.4 Å². The highest BCUT2D eigenvalue weighted by Crippen LogP contribution is 2.70. The topological polar surface area (TPSA) is 77.1 Å². The molecule has 1 N–H and O–H groups in total. The van der Waals surface area contributed by atoms with Gasteiger partial charge in [-0.25, -0.2) is 4.79 Å². The van der Waals surface area contributed by atoms with Crippen LogP contribution in [0.25, 0.3) is 0 Å². The van der Waals surface area contributed by atoms with Crippen LogP contribution >= 0.6 is 0 Å². The number of carbonyl (C=O) groups is 2. The van der Waals surface area contributed by atoms with Crippen LogP contribution in [0.1, 0.15) is 85.5 Å². The highest BCUT2D eigenvalue weighted by atomic mass is 16.7. The number of ether oxygens (including phenoxy) is 3. The summed E-state index contributed by atoms with van der Waals surface area (Å²) >= 11 is 0. The quantitative estimate of drug-likeness (QED) is 0.279. The highest BCUT2D eigenvalue weighted by molar-refractivity contribution is 5.94. The third kappa shape index (κ3) is 4.63. The van der Waals surface area contributed by atoms with E-state index in [2.05, 4.69) is 39.1 Å². The summed E-state index contributed by atoms with van der Waals surface area (Å²) in [6, 6.07) is 0.